The lowest BCUT2D eigenvalue weighted by molar-refractivity contribution is -0.132. The molecule has 6 heteroatoms. The minimum absolute atomic E-state index is 0.0541. The number of carbonyl (C=O) groups is 3. The normalized spacial score (nSPS) is 9.96. The second-order valence-electron chi connectivity index (χ2n) is 4.72. The monoisotopic (exact) mass is 315 g/mol. The van der Waals surface area contributed by atoms with Crippen LogP contribution in [0.15, 0.2) is 54.6 Å². The summed E-state index contributed by atoms with van der Waals surface area (Å²) in [6.07, 6.45) is 0.0541. The lowest BCUT2D eigenvalue weighted by Gasteiger charge is -2.06. The second kappa shape index (κ2) is 7.84. The van der Waals surface area contributed by atoms with Crippen molar-refractivity contribution in [1.29, 1.82) is 0 Å². The highest BCUT2D eigenvalue weighted by Crippen LogP contribution is 2.04. The van der Waals surface area contributed by atoms with Gasteiger partial charge in [0.05, 0.1) is 12.0 Å². The lowest BCUT2D eigenvalue weighted by Crippen LogP contribution is -2.35. The molecule has 0 aliphatic rings. The van der Waals surface area contributed by atoms with Gasteiger partial charge in [-0.3, -0.25) is 14.9 Å². The first-order valence-electron chi connectivity index (χ1n) is 6.84. The summed E-state index contributed by atoms with van der Waals surface area (Å²) in [5.74, 6) is -2.46. The van der Waals surface area contributed by atoms with Crippen molar-refractivity contribution in [2.75, 3.05) is 6.61 Å². The third-order valence-corrected chi connectivity index (χ3v) is 2.90. The molecule has 0 atom stereocenters. The highest BCUT2D eigenvalue weighted by molar-refractivity contribution is 5.98. The largest absolute Gasteiger partial charge is 0.452 e. The van der Waals surface area contributed by atoms with Gasteiger partial charge >= 0.3 is 5.97 Å². The van der Waals surface area contributed by atoms with Crippen LogP contribution in [0.5, 0.6) is 0 Å². The third kappa shape index (κ3) is 5.35. The number of nitrogens with one attached hydrogen (secondary N) is 1. The van der Waals surface area contributed by atoms with Crippen LogP contribution in [0.1, 0.15) is 15.9 Å². The zero-order chi connectivity index (χ0) is 16.7. The fraction of sp³-hybridized carbons (Fsp3) is 0.118. The van der Waals surface area contributed by atoms with Crippen molar-refractivity contribution in [2.24, 2.45) is 0 Å². The highest BCUT2D eigenvalue weighted by atomic mass is 19.1. The molecule has 0 spiro atoms. The van der Waals surface area contributed by atoms with Gasteiger partial charge in [0.2, 0.25) is 5.91 Å². The molecular weight excluding hydrogens is 301 g/mol. The number of ether oxygens (including phenoxy) is 1. The van der Waals surface area contributed by atoms with Crippen LogP contribution < -0.4 is 5.32 Å². The number of hydrogen-bond donors (Lipinski definition) is 1. The van der Waals surface area contributed by atoms with E-state index in [2.05, 4.69) is 5.32 Å². The van der Waals surface area contributed by atoms with E-state index in [9.17, 15) is 18.8 Å². The molecule has 23 heavy (non-hydrogen) atoms. The number of carbonyl (C=O) groups excluding carboxylic acids is 3. The number of esters is 1. The van der Waals surface area contributed by atoms with Crippen LogP contribution in [-0.4, -0.2) is 24.4 Å². The molecule has 2 amide bonds. The van der Waals surface area contributed by atoms with Crippen molar-refractivity contribution in [2.45, 2.75) is 6.42 Å². The Balaban J connectivity index is 1.77. The summed E-state index contributed by atoms with van der Waals surface area (Å²) < 4.78 is 17.5. The standard InChI is InChI=1S/C17H14FNO4/c18-14-8-6-13(7-9-14)17(22)23-11-16(21)19-15(20)10-12-4-2-1-3-5-12/h1-9H,10-11H2,(H,19,20,21). The molecule has 0 bridgehead atoms. The minimum Gasteiger partial charge on any atom is -0.452 e. The Labute approximate surface area is 132 Å². The predicted octanol–water partition coefficient (Wildman–Crippen LogP) is 1.87. The van der Waals surface area contributed by atoms with Crippen molar-refractivity contribution in [1.82, 2.24) is 5.32 Å². The molecule has 5 nitrogen and oxygen atoms in total. The smallest absolute Gasteiger partial charge is 0.338 e. The fourth-order valence-electron chi connectivity index (χ4n) is 1.82. The summed E-state index contributed by atoms with van der Waals surface area (Å²) in [6.45, 7) is -0.587. The molecular formula is C17H14FNO4. The summed E-state index contributed by atoms with van der Waals surface area (Å²) in [7, 11) is 0. The molecule has 0 aliphatic carbocycles. The van der Waals surface area contributed by atoms with Crippen LogP contribution in [0, 0.1) is 5.82 Å². The molecule has 2 aromatic carbocycles. The number of imide groups is 1. The Morgan fingerprint density at radius 3 is 2.22 bits per heavy atom. The van der Waals surface area contributed by atoms with E-state index in [-0.39, 0.29) is 12.0 Å². The van der Waals surface area contributed by atoms with Gasteiger partial charge in [-0.2, -0.15) is 0 Å². The van der Waals surface area contributed by atoms with E-state index in [0.29, 0.717) is 0 Å². The van der Waals surface area contributed by atoms with Gasteiger partial charge in [-0.05, 0) is 29.8 Å². The van der Waals surface area contributed by atoms with Crippen LogP contribution in [0.25, 0.3) is 0 Å². The van der Waals surface area contributed by atoms with Gasteiger partial charge in [0.15, 0.2) is 6.61 Å². The van der Waals surface area contributed by atoms with Crippen LogP contribution in [0.4, 0.5) is 4.39 Å². The number of hydrogen-bond acceptors (Lipinski definition) is 4. The fourth-order valence-corrected chi connectivity index (χ4v) is 1.82. The molecule has 0 aliphatic heterocycles. The van der Waals surface area contributed by atoms with Crippen molar-refractivity contribution in [3.63, 3.8) is 0 Å². The Kier molecular flexibility index (Phi) is 5.57. The van der Waals surface area contributed by atoms with Gasteiger partial charge in [-0.25, -0.2) is 9.18 Å². The third-order valence-electron chi connectivity index (χ3n) is 2.90. The summed E-state index contributed by atoms with van der Waals surface area (Å²) in [5.41, 5.74) is 0.885. The zero-order valence-electron chi connectivity index (χ0n) is 12.1. The lowest BCUT2D eigenvalue weighted by atomic mass is 10.1. The quantitative estimate of drug-likeness (QED) is 0.855. The minimum atomic E-state index is -0.768. The maximum Gasteiger partial charge on any atom is 0.338 e. The molecule has 0 saturated carbocycles. The van der Waals surface area contributed by atoms with Gasteiger partial charge < -0.3 is 4.74 Å². The van der Waals surface area contributed by atoms with Gasteiger partial charge in [-0.15, -0.1) is 0 Å². The van der Waals surface area contributed by atoms with Crippen LogP contribution >= 0.6 is 0 Å². The number of benzene rings is 2. The van der Waals surface area contributed by atoms with Crippen molar-refractivity contribution >= 4 is 17.8 Å². The van der Waals surface area contributed by atoms with E-state index in [0.717, 1.165) is 17.7 Å². The van der Waals surface area contributed by atoms with Crippen molar-refractivity contribution in [3.8, 4) is 0 Å². The van der Waals surface area contributed by atoms with Gasteiger partial charge in [0.25, 0.3) is 5.91 Å². The maximum absolute atomic E-state index is 12.7. The SMILES string of the molecule is O=C(COC(=O)c1ccc(F)cc1)NC(=O)Cc1ccccc1. The van der Waals surface area contributed by atoms with Crippen LogP contribution in [0.2, 0.25) is 0 Å². The number of rotatable bonds is 5. The predicted molar refractivity (Wildman–Crippen MR) is 80.0 cm³/mol. The van der Waals surface area contributed by atoms with Crippen LogP contribution in [-0.2, 0) is 20.7 Å². The van der Waals surface area contributed by atoms with Gasteiger partial charge in [0, 0.05) is 0 Å². The van der Waals surface area contributed by atoms with Crippen molar-refractivity contribution in [3.05, 3.63) is 71.5 Å². The maximum atomic E-state index is 12.7. The summed E-state index contributed by atoms with van der Waals surface area (Å²) >= 11 is 0. The number of halogens is 1. The van der Waals surface area contributed by atoms with E-state index >= 15 is 0 Å². The average Bonchev–Trinajstić information content (AvgIpc) is 2.54. The van der Waals surface area contributed by atoms with E-state index in [1.165, 1.54) is 12.1 Å². The summed E-state index contributed by atoms with van der Waals surface area (Å²) in [6, 6.07) is 13.6. The Morgan fingerprint density at radius 2 is 1.57 bits per heavy atom. The molecule has 1 N–H and O–H groups in total. The van der Waals surface area contributed by atoms with E-state index < -0.39 is 30.2 Å². The Bertz CT molecular complexity index is 698. The number of amides is 2. The van der Waals surface area contributed by atoms with E-state index in [1.54, 1.807) is 24.3 Å². The molecule has 2 aromatic rings. The zero-order valence-corrected chi connectivity index (χ0v) is 12.1. The van der Waals surface area contributed by atoms with Gasteiger partial charge in [-0.1, -0.05) is 30.3 Å². The summed E-state index contributed by atoms with van der Waals surface area (Å²) in [4.78, 5) is 34.9. The average molecular weight is 315 g/mol. The topological polar surface area (TPSA) is 72.5 Å². The Hall–Kier alpha value is -3.02. The van der Waals surface area contributed by atoms with E-state index in [4.69, 9.17) is 4.74 Å². The molecule has 0 fully saturated rings. The molecule has 0 unspecified atom stereocenters. The van der Waals surface area contributed by atoms with Gasteiger partial charge in [0.1, 0.15) is 5.82 Å². The van der Waals surface area contributed by atoms with Crippen LogP contribution in [0.3, 0.4) is 0 Å². The molecule has 0 heterocycles. The molecule has 0 aromatic heterocycles. The molecule has 2 rings (SSSR count). The molecule has 118 valence electrons. The molecule has 0 radical (unpaired) electrons. The van der Waals surface area contributed by atoms with E-state index in [1.807, 2.05) is 6.07 Å². The Morgan fingerprint density at radius 1 is 0.913 bits per heavy atom. The first-order chi connectivity index (χ1) is 11.0. The summed E-state index contributed by atoms with van der Waals surface area (Å²) in [5, 5.41) is 2.13. The van der Waals surface area contributed by atoms with Crippen molar-refractivity contribution < 1.29 is 23.5 Å². The first-order valence-corrected chi connectivity index (χ1v) is 6.84. The highest BCUT2D eigenvalue weighted by Gasteiger charge is 2.12. The second-order valence-corrected chi connectivity index (χ2v) is 4.72. The first kappa shape index (κ1) is 16.4. The molecule has 0 saturated heterocycles.